The number of nitrogens with one attached hydrogen (secondary N) is 1. The monoisotopic (exact) mass is 297 g/mol. The van der Waals surface area contributed by atoms with E-state index in [0.29, 0.717) is 10.8 Å². The molecule has 5 heteroatoms. The van der Waals surface area contributed by atoms with E-state index in [2.05, 4.69) is 40.0 Å². The normalized spacial score (nSPS) is 11.0. The summed E-state index contributed by atoms with van der Waals surface area (Å²) in [4.78, 5) is 0. The topological polar surface area (TPSA) is 33.6 Å². The number of halogens is 1. The third-order valence-corrected chi connectivity index (χ3v) is 3.08. The Bertz CT molecular complexity index is 556. The molecule has 0 aliphatic heterocycles. The lowest BCUT2D eigenvalue weighted by atomic mass is 10.2. The second-order valence-electron chi connectivity index (χ2n) is 3.83. The minimum atomic E-state index is 0.292. The van der Waals surface area contributed by atoms with Crippen LogP contribution < -0.4 is 0 Å². The van der Waals surface area contributed by atoms with Crippen molar-refractivity contribution in [3.8, 4) is 11.4 Å². The molecule has 0 bridgehead atoms. The first-order valence-electron chi connectivity index (χ1n) is 5.02. The van der Waals surface area contributed by atoms with Gasteiger partial charge in [-0.1, -0.05) is 28.1 Å². The minimum absolute atomic E-state index is 0.292. The Balaban J connectivity index is 2.61. The predicted molar refractivity (Wildman–Crippen MR) is 70.9 cm³/mol. The molecule has 0 radical (unpaired) electrons. The molecule has 16 heavy (non-hydrogen) atoms. The highest BCUT2D eigenvalue weighted by atomic mass is 79.9. The Labute approximate surface area is 108 Å². The first kappa shape index (κ1) is 11.5. The van der Waals surface area contributed by atoms with Crippen LogP contribution >= 0.6 is 28.1 Å². The van der Waals surface area contributed by atoms with E-state index in [-0.39, 0.29) is 0 Å². The Kier molecular flexibility index (Phi) is 3.25. The molecule has 1 aromatic carbocycles. The van der Waals surface area contributed by atoms with Crippen molar-refractivity contribution in [3.05, 3.63) is 33.5 Å². The molecule has 84 valence electrons. The van der Waals surface area contributed by atoms with Crippen molar-refractivity contribution in [2.75, 3.05) is 0 Å². The fraction of sp³-hybridized carbons (Fsp3) is 0.273. The summed E-state index contributed by atoms with van der Waals surface area (Å²) in [5.74, 6) is 0.876. The van der Waals surface area contributed by atoms with Gasteiger partial charge in [0.25, 0.3) is 0 Å². The van der Waals surface area contributed by atoms with Crippen LogP contribution in [0.3, 0.4) is 0 Å². The Morgan fingerprint density at radius 1 is 1.44 bits per heavy atom. The number of aromatic amines is 1. The van der Waals surface area contributed by atoms with Crippen molar-refractivity contribution in [3.63, 3.8) is 0 Å². The van der Waals surface area contributed by atoms with Crippen molar-refractivity contribution >= 4 is 28.1 Å². The van der Waals surface area contributed by atoms with Gasteiger partial charge in [0, 0.05) is 16.1 Å². The molecular weight excluding hydrogens is 286 g/mol. The molecule has 0 fully saturated rings. The number of nitrogens with zero attached hydrogens (tertiary/aromatic N) is 2. The summed E-state index contributed by atoms with van der Waals surface area (Å²) in [6, 6.07) is 8.32. The van der Waals surface area contributed by atoms with Crippen LogP contribution in [0.1, 0.15) is 19.9 Å². The number of rotatable bonds is 2. The molecule has 0 amide bonds. The molecule has 0 saturated heterocycles. The quantitative estimate of drug-likeness (QED) is 0.852. The van der Waals surface area contributed by atoms with Crippen LogP contribution in [0.15, 0.2) is 28.7 Å². The SMILES string of the molecule is CC(C)n1c(-c2cccc(Br)c2)n[nH]c1=S. The van der Waals surface area contributed by atoms with Gasteiger partial charge in [0.05, 0.1) is 0 Å². The van der Waals surface area contributed by atoms with Crippen LogP contribution in [-0.4, -0.2) is 14.8 Å². The summed E-state index contributed by atoms with van der Waals surface area (Å²) >= 11 is 8.67. The van der Waals surface area contributed by atoms with Gasteiger partial charge in [-0.05, 0) is 38.2 Å². The third-order valence-electron chi connectivity index (χ3n) is 2.30. The molecule has 0 aliphatic rings. The van der Waals surface area contributed by atoms with Crippen molar-refractivity contribution in [2.24, 2.45) is 0 Å². The maximum atomic E-state index is 5.22. The zero-order valence-electron chi connectivity index (χ0n) is 9.07. The zero-order valence-corrected chi connectivity index (χ0v) is 11.5. The molecule has 1 N–H and O–H groups in total. The molecule has 1 aromatic heterocycles. The number of benzene rings is 1. The van der Waals surface area contributed by atoms with Gasteiger partial charge in [0.1, 0.15) is 0 Å². The molecule has 2 rings (SSSR count). The zero-order chi connectivity index (χ0) is 11.7. The Morgan fingerprint density at radius 3 is 2.81 bits per heavy atom. The summed E-state index contributed by atoms with van der Waals surface area (Å²) in [7, 11) is 0. The van der Waals surface area contributed by atoms with E-state index in [1.807, 2.05) is 28.8 Å². The minimum Gasteiger partial charge on any atom is -0.298 e. The van der Waals surface area contributed by atoms with Gasteiger partial charge in [0.2, 0.25) is 0 Å². The first-order chi connectivity index (χ1) is 7.59. The molecular formula is C11H12BrN3S. The van der Waals surface area contributed by atoms with Crippen LogP contribution in [0.2, 0.25) is 0 Å². The van der Waals surface area contributed by atoms with Crippen LogP contribution in [0.5, 0.6) is 0 Å². The molecule has 0 spiro atoms. The van der Waals surface area contributed by atoms with Gasteiger partial charge in [-0.25, -0.2) is 0 Å². The smallest absolute Gasteiger partial charge is 0.195 e. The van der Waals surface area contributed by atoms with Crippen LogP contribution in [0.25, 0.3) is 11.4 Å². The van der Waals surface area contributed by atoms with E-state index in [9.17, 15) is 0 Å². The van der Waals surface area contributed by atoms with Gasteiger partial charge in [-0.15, -0.1) is 0 Å². The first-order valence-corrected chi connectivity index (χ1v) is 6.22. The second kappa shape index (κ2) is 4.51. The molecule has 3 nitrogen and oxygen atoms in total. The van der Waals surface area contributed by atoms with Crippen LogP contribution in [-0.2, 0) is 0 Å². The largest absolute Gasteiger partial charge is 0.298 e. The van der Waals surface area contributed by atoms with E-state index in [1.54, 1.807) is 0 Å². The standard InChI is InChI=1S/C11H12BrN3S/c1-7(2)15-10(13-14-11(15)16)8-4-3-5-9(12)6-8/h3-7H,1-2H3,(H,14,16). The van der Waals surface area contributed by atoms with E-state index in [0.717, 1.165) is 15.9 Å². The van der Waals surface area contributed by atoms with Gasteiger partial charge in [-0.3, -0.25) is 9.67 Å². The maximum absolute atomic E-state index is 5.22. The van der Waals surface area contributed by atoms with Crippen molar-refractivity contribution in [1.82, 2.24) is 14.8 Å². The lowest BCUT2D eigenvalue weighted by Gasteiger charge is -2.10. The molecule has 2 aromatic rings. The summed E-state index contributed by atoms with van der Waals surface area (Å²) in [6.45, 7) is 4.18. The maximum Gasteiger partial charge on any atom is 0.195 e. The summed E-state index contributed by atoms with van der Waals surface area (Å²) in [5, 5.41) is 7.11. The fourth-order valence-corrected chi connectivity index (χ4v) is 2.36. The van der Waals surface area contributed by atoms with E-state index in [1.165, 1.54) is 0 Å². The number of hydrogen-bond acceptors (Lipinski definition) is 2. The van der Waals surface area contributed by atoms with Crippen molar-refractivity contribution < 1.29 is 0 Å². The van der Waals surface area contributed by atoms with Crippen LogP contribution in [0.4, 0.5) is 0 Å². The highest BCUT2D eigenvalue weighted by Crippen LogP contribution is 2.23. The Hall–Kier alpha value is -0.940. The lowest BCUT2D eigenvalue weighted by Crippen LogP contribution is -2.03. The molecule has 0 aliphatic carbocycles. The molecule has 0 atom stereocenters. The summed E-state index contributed by atoms with van der Waals surface area (Å²) in [6.07, 6.45) is 0. The van der Waals surface area contributed by atoms with Gasteiger partial charge in [-0.2, -0.15) is 5.10 Å². The molecule has 1 heterocycles. The molecule has 0 unspecified atom stereocenters. The fourth-order valence-electron chi connectivity index (χ4n) is 1.61. The average Bonchev–Trinajstić information content (AvgIpc) is 2.60. The summed E-state index contributed by atoms with van der Waals surface area (Å²) < 4.78 is 3.70. The predicted octanol–water partition coefficient (Wildman–Crippen LogP) is 3.95. The van der Waals surface area contributed by atoms with Gasteiger partial charge < -0.3 is 0 Å². The molecule has 0 saturated carbocycles. The average molecular weight is 298 g/mol. The number of H-pyrrole nitrogens is 1. The highest BCUT2D eigenvalue weighted by molar-refractivity contribution is 9.10. The van der Waals surface area contributed by atoms with Gasteiger partial charge >= 0.3 is 0 Å². The lowest BCUT2D eigenvalue weighted by molar-refractivity contribution is 0.597. The summed E-state index contributed by atoms with van der Waals surface area (Å²) in [5.41, 5.74) is 1.05. The van der Waals surface area contributed by atoms with Gasteiger partial charge in [0.15, 0.2) is 10.6 Å². The third kappa shape index (κ3) is 2.10. The number of hydrogen-bond donors (Lipinski definition) is 1. The van der Waals surface area contributed by atoms with E-state index in [4.69, 9.17) is 12.2 Å². The van der Waals surface area contributed by atoms with Crippen molar-refractivity contribution in [2.45, 2.75) is 19.9 Å². The second-order valence-corrected chi connectivity index (χ2v) is 5.13. The van der Waals surface area contributed by atoms with E-state index >= 15 is 0 Å². The van der Waals surface area contributed by atoms with E-state index < -0.39 is 0 Å². The Morgan fingerprint density at radius 2 is 2.19 bits per heavy atom. The van der Waals surface area contributed by atoms with Crippen molar-refractivity contribution in [1.29, 1.82) is 0 Å². The van der Waals surface area contributed by atoms with Crippen LogP contribution in [0, 0.1) is 4.77 Å². The number of aromatic nitrogens is 3. The highest BCUT2D eigenvalue weighted by Gasteiger charge is 2.11.